The van der Waals surface area contributed by atoms with Gasteiger partial charge in [0.15, 0.2) is 19.7 Å². The lowest BCUT2D eigenvalue weighted by atomic mass is 9.82. The topological polar surface area (TPSA) is 318 Å². The Morgan fingerprint density at radius 2 is 0.596 bits per heavy atom. The van der Waals surface area contributed by atoms with Crippen molar-refractivity contribution in [2.24, 2.45) is 5.41 Å². The molecule has 0 unspecified atom stereocenters. The maximum Gasteiger partial charge on any atom is 0.264 e. The van der Waals surface area contributed by atoms with Crippen LogP contribution in [0.4, 0.5) is 45.5 Å². The van der Waals surface area contributed by atoms with E-state index >= 15 is 0 Å². The average molecular weight is 1720 g/mol. The highest BCUT2D eigenvalue weighted by Crippen LogP contribution is 2.40. The minimum atomic E-state index is -3.86. The molecule has 35 heteroatoms. The normalized spacial score (nSPS) is 16.1. The first-order chi connectivity index (χ1) is 53.4. The summed E-state index contributed by atoms with van der Waals surface area (Å²) in [5.74, 6) is 0. The standard InChI is InChI=1S/C22H31N3O4S2.C20H27N3O4S2.C19H25N3O4S2.C18H22N2O4S2/c1-22(2)14-16-25(17-15-22)21-9-7-6-8-20(21)24(5)31(28,29)19-12-10-18(11-13-19)30(26,27)23(3)4;1-21(2)28(24,25)17-11-13-18(14-12-17)29(26,27)22(3)19-9-5-6-10-20(19)23-15-7-4-8-16-23;1-20-12-14-22(15-13-20)19-7-5-4-6-18(19)21(2)28(25,26)17-10-8-16(9-11-17)27(3,23)24;1-25(21,22)17-8-10-18(11-9-17)26(23,24)19-15-6-5-7-16(14-15)20-12-3-2-4-13-20/h6-13H,14-17H2,1-5H3;5-6,9-14H,4,7-8,15-16H2,1-3H3;4-11H,12-15H2,1-3H3;5-11,14,19H,2-4,12-13H2,1H3. The van der Waals surface area contributed by atoms with Crippen LogP contribution in [0.2, 0.25) is 0 Å². The Hall–Kier alpha value is -8.36. The van der Waals surface area contributed by atoms with Gasteiger partial charge in [-0.2, -0.15) is 0 Å². The lowest BCUT2D eigenvalue weighted by Crippen LogP contribution is -2.45. The number of anilines is 8. The summed E-state index contributed by atoms with van der Waals surface area (Å²) in [7, 11) is -16.9. The summed E-state index contributed by atoms with van der Waals surface area (Å²) in [5.41, 5.74) is 6.23. The third-order valence-electron chi connectivity index (χ3n) is 20.5. The maximum absolute atomic E-state index is 13.3. The summed E-state index contributed by atoms with van der Waals surface area (Å²) in [6.45, 7) is 13.5. The number of benzene rings is 8. The van der Waals surface area contributed by atoms with Gasteiger partial charge in [0.05, 0.1) is 79.0 Å². The number of para-hydroxylation sites is 6. The van der Waals surface area contributed by atoms with Crippen molar-refractivity contribution < 1.29 is 67.3 Å². The molecule has 114 heavy (non-hydrogen) atoms. The van der Waals surface area contributed by atoms with Gasteiger partial charge in [0.1, 0.15) is 0 Å². The van der Waals surface area contributed by atoms with Crippen molar-refractivity contribution in [3.05, 3.63) is 194 Å². The number of hydrogen-bond donors (Lipinski definition) is 1. The van der Waals surface area contributed by atoms with Gasteiger partial charge in [-0.15, -0.1) is 0 Å². The number of piperidine rings is 3. The average Bonchev–Trinajstić information content (AvgIpc) is 0.786. The van der Waals surface area contributed by atoms with E-state index in [2.05, 4.69) is 50.1 Å². The SMILES string of the molecule is CN(C)S(=O)(=O)c1ccc(S(=O)(=O)N(C)c2ccccc2N2CCC(C)(C)CC2)cc1.CN(C)S(=O)(=O)c1ccc(S(=O)(=O)N(C)c2ccccc2N2CCCCC2)cc1.CN1CCN(c2ccccc2N(C)S(=O)(=O)c2ccc(S(C)(=O)=O)cc2)CC1.CS(=O)(=O)c1ccc(S(=O)(=O)Nc2cccc(N3CCCCC3)c2)cc1. The fraction of sp³-hybridized carbons (Fsp3) is 0.392. The number of sulfone groups is 2. The summed E-state index contributed by atoms with van der Waals surface area (Å²) in [5, 5.41) is 0. The molecule has 0 amide bonds. The Balaban J connectivity index is 0.000000174. The van der Waals surface area contributed by atoms with Gasteiger partial charge in [-0.1, -0.05) is 56.3 Å². The van der Waals surface area contributed by atoms with Crippen LogP contribution in [-0.2, 0) is 79.8 Å². The third-order valence-corrected chi connectivity index (χ3v) is 33.1. The van der Waals surface area contributed by atoms with Gasteiger partial charge in [0.25, 0.3) is 40.1 Å². The Labute approximate surface area is 676 Å². The van der Waals surface area contributed by atoms with Crippen LogP contribution in [0.3, 0.4) is 0 Å². The molecule has 0 atom stereocenters. The first kappa shape index (κ1) is 89.6. The lowest BCUT2D eigenvalue weighted by Gasteiger charge is -2.39. The second-order valence-electron chi connectivity index (χ2n) is 29.6. The first-order valence-corrected chi connectivity index (χ1v) is 49.6. The number of sulfonamides is 6. The van der Waals surface area contributed by atoms with E-state index in [4.69, 9.17) is 0 Å². The molecular formula is C79H105N11O16S8. The fourth-order valence-corrected chi connectivity index (χ4v) is 21.0. The second kappa shape index (κ2) is 36.9. The monoisotopic (exact) mass is 1720 g/mol. The number of nitrogens with one attached hydrogen (secondary N) is 1. The molecule has 27 nitrogen and oxygen atoms in total. The van der Waals surface area contributed by atoms with Gasteiger partial charge in [-0.25, -0.2) is 76.0 Å². The van der Waals surface area contributed by atoms with Crippen LogP contribution in [-0.4, -0.2) is 215 Å². The van der Waals surface area contributed by atoms with Gasteiger partial charge in [-0.3, -0.25) is 17.6 Å². The van der Waals surface area contributed by atoms with Gasteiger partial charge < -0.3 is 24.5 Å². The molecule has 1 N–H and O–H groups in total. The molecule has 0 saturated carbocycles. The summed E-state index contributed by atoms with van der Waals surface area (Å²) in [6.07, 6.45) is 11.1. The molecule has 4 saturated heterocycles. The van der Waals surface area contributed by atoms with Crippen molar-refractivity contribution in [2.45, 2.75) is 104 Å². The summed E-state index contributed by atoms with van der Waals surface area (Å²) < 4.78 is 208. The minimum absolute atomic E-state index is 0.0216. The van der Waals surface area contributed by atoms with E-state index in [1.165, 1.54) is 172 Å². The molecule has 12 rings (SSSR count). The molecule has 620 valence electrons. The van der Waals surface area contributed by atoms with Crippen molar-refractivity contribution in [3.8, 4) is 0 Å². The number of nitrogens with zero attached hydrogens (tertiary/aromatic N) is 10. The number of likely N-dealkylation sites (N-methyl/N-ethyl adjacent to an activating group) is 1. The van der Waals surface area contributed by atoms with Crippen molar-refractivity contribution in [3.63, 3.8) is 0 Å². The highest BCUT2D eigenvalue weighted by molar-refractivity contribution is 7.94. The number of piperazine rings is 1. The molecule has 4 aliphatic rings. The number of rotatable bonds is 22. The summed E-state index contributed by atoms with van der Waals surface area (Å²) >= 11 is 0. The summed E-state index contributed by atoms with van der Waals surface area (Å²) in [4.78, 5) is 11.6. The molecule has 0 radical (unpaired) electrons. The van der Waals surface area contributed by atoms with Gasteiger partial charge in [0.2, 0.25) is 20.0 Å². The Kier molecular flexibility index (Phi) is 29.0. The predicted molar refractivity (Wildman–Crippen MR) is 454 cm³/mol. The van der Waals surface area contributed by atoms with Crippen LogP contribution in [0, 0.1) is 5.41 Å². The minimum Gasteiger partial charge on any atom is -0.371 e. The molecule has 0 bridgehead atoms. The molecule has 0 aromatic heterocycles. The van der Waals surface area contributed by atoms with E-state index in [0.717, 1.165) is 148 Å². The molecule has 4 heterocycles. The zero-order chi connectivity index (χ0) is 83.6. The van der Waals surface area contributed by atoms with E-state index < -0.39 is 79.8 Å². The zero-order valence-electron chi connectivity index (χ0n) is 66.5. The van der Waals surface area contributed by atoms with E-state index in [0.29, 0.717) is 22.7 Å². The van der Waals surface area contributed by atoms with Crippen LogP contribution >= 0.6 is 0 Å². The molecule has 8 aromatic carbocycles. The summed E-state index contributed by atoms with van der Waals surface area (Å²) in [6, 6.07) is 50.9. The van der Waals surface area contributed by atoms with Gasteiger partial charge >= 0.3 is 0 Å². The van der Waals surface area contributed by atoms with Crippen LogP contribution in [0.5, 0.6) is 0 Å². The molecule has 0 spiro atoms. The molecule has 0 aliphatic carbocycles. The van der Waals surface area contributed by atoms with Crippen LogP contribution < -0.4 is 37.2 Å². The second-order valence-corrected chi connectivity index (χ2v) is 45.5. The maximum atomic E-state index is 13.3. The smallest absolute Gasteiger partial charge is 0.264 e. The molecular weight excluding hydrogens is 1620 g/mol. The van der Waals surface area contributed by atoms with E-state index in [1.807, 2.05) is 72.8 Å². The van der Waals surface area contributed by atoms with E-state index in [-0.39, 0.29) is 44.6 Å². The highest BCUT2D eigenvalue weighted by atomic mass is 32.2. The Morgan fingerprint density at radius 3 is 0.930 bits per heavy atom. The Bertz CT molecular complexity index is 5610. The van der Waals surface area contributed by atoms with Crippen molar-refractivity contribution in [1.82, 2.24) is 13.5 Å². The molecule has 4 fully saturated rings. The van der Waals surface area contributed by atoms with E-state index in [1.54, 1.807) is 24.3 Å². The first-order valence-electron chi connectivity index (χ1n) is 37.1. The van der Waals surface area contributed by atoms with Crippen LogP contribution in [0.1, 0.15) is 65.2 Å². The van der Waals surface area contributed by atoms with Crippen molar-refractivity contribution in [1.29, 1.82) is 0 Å². The highest BCUT2D eigenvalue weighted by Gasteiger charge is 2.33. The lowest BCUT2D eigenvalue weighted by molar-refractivity contribution is 0.280. The van der Waals surface area contributed by atoms with Crippen LogP contribution in [0.15, 0.2) is 233 Å². The van der Waals surface area contributed by atoms with Crippen LogP contribution in [0.25, 0.3) is 0 Å². The molecule has 8 aromatic rings. The van der Waals surface area contributed by atoms with E-state index in [9.17, 15) is 67.3 Å². The molecule has 4 aliphatic heterocycles. The fourth-order valence-electron chi connectivity index (χ4n) is 13.2. The number of hydrogen-bond acceptors (Lipinski definition) is 21. The quantitative estimate of drug-likeness (QED) is 0.0659. The Morgan fingerprint density at radius 1 is 0.307 bits per heavy atom. The van der Waals surface area contributed by atoms with Crippen molar-refractivity contribution >= 4 is 125 Å². The zero-order valence-corrected chi connectivity index (χ0v) is 73.0. The van der Waals surface area contributed by atoms with Crippen molar-refractivity contribution in [2.75, 3.05) is 172 Å². The predicted octanol–water partition coefficient (Wildman–Crippen LogP) is 10.7. The largest absolute Gasteiger partial charge is 0.371 e. The van der Waals surface area contributed by atoms with Gasteiger partial charge in [0, 0.05) is 133 Å². The van der Waals surface area contributed by atoms with Gasteiger partial charge in [-0.05, 0) is 215 Å². The third kappa shape index (κ3) is 21.8.